The molecule has 0 aromatic heterocycles. The normalized spacial score (nSPS) is 11.9. The minimum Gasteiger partial charge on any atom is -0.508 e. The van der Waals surface area contributed by atoms with Crippen molar-refractivity contribution in [2.24, 2.45) is 5.73 Å². The minimum absolute atomic E-state index is 0.0684. The SMILES string of the molecule is COc1ccccc1OCC(CN)c1ccccc1O. The molecule has 0 bridgehead atoms. The first-order valence-electron chi connectivity index (χ1n) is 6.50. The maximum atomic E-state index is 9.87. The number of ether oxygens (including phenoxy) is 2. The van der Waals surface area contributed by atoms with Gasteiger partial charge in [-0.25, -0.2) is 0 Å². The summed E-state index contributed by atoms with van der Waals surface area (Å²) >= 11 is 0. The van der Waals surface area contributed by atoms with Crippen molar-refractivity contribution in [3.8, 4) is 17.2 Å². The molecule has 2 rings (SSSR count). The third kappa shape index (κ3) is 3.22. The number of methoxy groups -OCH3 is 1. The van der Waals surface area contributed by atoms with Crippen LogP contribution >= 0.6 is 0 Å². The Kier molecular flexibility index (Phi) is 4.85. The zero-order chi connectivity index (χ0) is 14.4. The molecule has 4 nitrogen and oxygen atoms in total. The largest absolute Gasteiger partial charge is 0.508 e. The number of para-hydroxylation sites is 3. The van der Waals surface area contributed by atoms with Crippen LogP contribution in [0.2, 0.25) is 0 Å². The van der Waals surface area contributed by atoms with E-state index in [2.05, 4.69) is 0 Å². The van der Waals surface area contributed by atoms with Gasteiger partial charge in [-0.1, -0.05) is 30.3 Å². The summed E-state index contributed by atoms with van der Waals surface area (Å²) in [4.78, 5) is 0. The molecule has 0 saturated heterocycles. The zero-order valence-electron chi connectivity index (χ0n) is 11.5. The highest BCUT2D eigenvalue weighted by Crippen LogP contribution is 2.29. The fourth-order valence-electron chi connectivity index (χ4n) is 2.05. The van der Waals surface area contributed by atoms with Crippen LogP contribution in [0.25, 0.3) is 0 Å². The summed E-state index contributed by atoms with van der Waals surface area (Å²) in [5.41, 5.74) is 6.58. The van der Waals surface area contributed by atoms with Crippen LogP contribution in [0.1, 0.15) is 11.5 Å². The van der Waals surface area contributed by atoms with Gasteiger partial charge in [0.1, 0.15) is 5.75 Å². The maximum Gasteiger partial charge on any atom is 0.161 e. The van der Waals surface area contributed by atoms with Crippen LogP contribution in [0.15, 0.2) is 48.5 Å². The van der Waals surface area contributed by atoms with Gasteiger partial charge in [0, 0.05) is 18.0 Å². The van der Waals surface area contributed by atoms with Gasteiger partial charge in [0.05, 0.1) is 13.7 Å². The molecule has 0 fully saturated rings. The summed E-state index contributed by atoms with van der Waals surface area (Å²) < 4.78 is 11.0. The molecule has 0 aliphatic heterocycles. The third-order valence-electron chi connectivity index (χ3n) is 3.17. The zero-order valence-corrected chi connectivity index (χ0v) is 11.5. The highest BCUT2D eigenvalue weighted by Gasteiger charge is 2.15. The van der Waals surface area contributed by atoms with Crippen LogP contribution in [0, 0.1) is 0 Å². The lowest BCUT2D eigenvalue weighted by atomic mass is 9.99. The van der Waals surface area contributed by atoms with E-state index >= 15 is 0 Å². The number of phenols is 1. The molecule has 1 unspecified atom stereocenters. The number of rotatable bonds is 6. The lowest BCUT2D eigenvalue weighted by Crippen LogP contribution is -2.20. The molecule has 20 heavy (non-hydrogen) atoms. The summed E-state index contributed by atoms with van der Waals surface area (Å²) in [5.74, 6) is 1.53. The second-order valence-electron chi connectivity index (χ2n) is 4.45. The highest BCUT2D eigenvalue weighted by atomic mass is 16.5. The molecule has 3 N–H and O–H groups in total. The van der Waals surface area contributed by atoms with E-state index in [9.17, 15) is 5.11 Å². The number of benzene rings is 2. The Balaban J connectivity index is 2.10. The van der Waals surface area contributed by atoms with Gasteiger partial charge >= 0.3 is 0 Å². The van der Waals surface area contributed by atoms with Crippen molar-refractivity contribution >= 4 is 0 Å². The molecule has 0 saturated carbocycles. The average molecular weight is 273 g/mol. The lowest BCUT2D eigenvalue weighted by molar-refractivity contribution is 0.271. The second kappa shape index (κ2) is 6.82. The first kappa shape index (κ1) is 14.2. The summed E-state index contributed by atoms with van der Waals surface area (Å²) in [6.45, 7) is 0.779. The fourth-order valence-corrected chi connectivity index (χ4v) is 2.05. The van der Waals surface area contributed by atoms with Gasteiger partial charge in [0.2, 0.25) is 0 Å². The summed E-state index contributed by atoms with van der Waals surface area (Å²) in [7, 11) is 1.60. The van der Waals surface area contributed by atoms with E-state index < -0.39 is 0 Å². The Morgan fingerprint density at radius 1 is 1.05 bits per heavy atom. The number of nitrogens with two attached hydrogens (primary N) is 1. The molecule has 2 aromatic carbocycles. The smallest absolute Gasteiger partial charge is 0.161 e. The predicted molar refractivity (Wildman–Crippen MR) is 78.4 cm³/mol. The maximum absolute atomic E-state index is 9.87. The van der Waals surface area contributed by atoms with Crippen LogP contribution in [0.4, 0.5) is 0 Å². The average Bonchev–Trinajstić information content (AvgIpc) is 2.50. The van der Waals surface area contributed by atoms with Crippen LogP contribution in [-0.2, 0) is 0 Å². The Labute approximate surface area is 118 Å². The van der Waals surface area contributed by atoms with Gasteiger partial charge in [0.25, 0.3) is 0 Å². The molecule has 0 amide bonds. The van der Waals surface area contributed by atoms with Crippen LogP contribution in [-0.4, -0.2) is 25.4 Å². The number of phenolic OH excluding ortho intramolecular Hbond substituents is 1. The van der Waals surface area contributed by atoms with Crippen molar-refractivity contribution < 1.29 is 14.6 Å². The third-order valence-corrected chi connectivity index (χ3v) is 3.17. The van der Waals surface area contributed by atoms with Gasteiger partial charge in [-0.05, 0) is 18.2 Å². The Bertz CT molecular complexity index is 557. The van der Waals surface area contributed by atoms with Gasteiger partial charge in [-0.2, -0.15) is 0 Å². The Hall–Kier alpha value is -2.20. The Morgan fingerprint density at radius 3 is 2.35 bits per heavy atom. The first-order valence-corrected chi connectivity index (χ1v) is 6.50. The topological polar surface area (TPSA) is 64.7 Å². The molecular formula is C16H19NO3. The number of aromatic hydroxyl groups is 1. The monoisotopic (exact) mass is 273 g/mol. The predicted octanol–water partition coefficient (Wildman–Crippen LogP) is 2.52. The summed E-state index contributed by atoms with van der Waals surface area (Å²) in [6.07, 6.45) is 0. The fraction of sp³-hybridized carbons (Fsp3) is 0.250. The van der Waals surface area contributed by atoms with E-state index in [4.69, 9.17) is 15.2 Å². The molecule has 106 valence electrons. The van der Waals surface area contributed by atoms with Gasteiger partial charge in [-0.15, -0.1) is 0 Å². The van der Waals surface area contributed by atoms with Crippen molar-refractivity contribution in [3.63, 3.8) is 0 Å². The van der Waals surface area contributed by atoms with Crippen molar-refractivity contribution in [2.45, 2.75) is 5.92 Å². The van der Waals surface area contributed by atoms with Crippen molar-refractivity contribution in [3.05, 3.63) is 54.1 Å². The Morgan fingerprint density at radius 2 is 1.70 bits per heavy atom. The van der Waals surface area contributed by atoms with E-state index in [1.54, 1.807) is 19.2 Å². The van der Waals surface area contributed by atoms with Gasteiger partial charge in [0.15, 0.2) is 11.5 Å². The molecule has 0 heterocycles. The highest BCUT2D eigenvalue weighted by molar-refractivity contribution is 5.40. The van der Waals surface area contributed by atoms with Crippen molar-refractivity contribution in [1.82, 2.24) is 0 Å². The minimum atomic E-state index is -0.0684. The molecule has 0 radical (unpaired) electrons. The first-order chi connectivity index (χ1) is 9.76. The molecule has 0 spiro atoms. The molecular weight excluding hydrogens is 254 g/mol. The van der Waals surface area contributed by atoms with Crippen LogP contribution in [0.5, 0.6) is 17.2 Å². The van der Waals surface area contributed by atoms with Crippen LogP contribution in [0.3, 0.4) is 0 Å². The lowest BCUT2D eigenvalue weighted by Gasteiger charge is -2.18. The molecule has 2 aromatic rings. The standard InChI is InChI=1S/C16H19NO3/c1-19-15-8-4-5-9-16(15)20-11-12(10-17)13-6-2-3-7-14(13)18/h2-9,12,18H,10-11,17H2,1H3. The van der Waals surface area contributed by atoms with Crippen molar-refractivity contribution in [1.29, 1.82) is 0 Å². The van der Waals surface area contributed by atoms with E-state index in [1.165, 1.54) is 0 Å². The van der Waals surface area contributed by atoms with E-state index in [0.717, 1.165) is 5.56 Å². The number of hydrogen-bond acceptors (Lipinski definition) is 4. The summed E-state index contributed by atoms with van der Waals surface area (Å²) in [6, 6.07) is 14.6. The summed E-state index contributed by atoms with van der Waals surface area (Å²) in [5, 5.41) is 9.87. The molecule has 1 atom stereocenters. The van der Waals surface area contributed by atoms with E-state index in [-0.39, 0.29) is 11.7 Å². The van der Waals surface area contributed by atoms with Gasteiger partial charge in [-0.3, -0.25) is 0 Å². The van der Waals surface area contributed by atoms with Crippen LogP contribution < -0.4 is 15.2 Å². The quantitative estimate of drug-likeness (QED) is 0.849. The van der Waals surface area contributed by atoms with E-state index in [1.807, 2.05) is 36.4 Å². The molecule has 4 heteroatoms. The van der Waals surface area contributed by atoms with Gasteiger partial charge < -0.3 is 20.3 Å². The second-order valence-corrected chi connectivity index (χ2v) is 4.45. The van der Waals surface area contributed by atoms with E-state index in [0.29, 0.717) is 24.7 Å². The molecule has 0 aliphatic rings. The molecule has 0 aliphatic carbocycles. The van der Waals surface area contributed by atoms with Crippen molar-refractivity contribution in [2.75, 3.05) is 20.3 Å². The number of hydrogen-bond donors (Lipinski definition) is 2.